The molecule has 1 amide bonds. The number of hydrogen-bond donors (Lipinski definition) is 2. The standard InChI is InChI=1S/C15H21ClN2O2.ClH/c1-10-9-12(7-8-17-10)18-15(19)11(2)20-14-6-4-3-5-13(14)16;/h3-6,10-12,17H,7-9H2,1-2H3,(H,18,19);1H. The summed E-state index contributed by atoms with van der Waals surface area (Å²) in [7, 11) is 0. The fourth-order valence-electron chi connectivity index (χ4n) is 2.37. The number of carbonyl (C=O) groups excluding carboxylic acids is 1. The molecule has 0 radical (unpaired) electrons. The zero-order valence-electron chi connectivity index (χ0n) is 12.3. The number of carbonyl (C=O) groups is 1. The smallest absolute Gasteiger partial charge is 0.260 e. The fourth-order valence-corrected chi connectivity index (χ4v) is 2.55. The minimum atomic E-state index is -0.555. The third-order valence-electron chi connectivity index (χ3n) is 3.48. The first kappa shape index (κ1) is 18.1. The van der Waals surface area contributed by atoms with E-state index in [1.807, 2.05) is 12.1 Å². The Balaban J connectivity index is 0.00000220. The molecule has 1 fully saturated rings. The van der Waals surface area contributed by atoms with E-state index in [0.717, 1.165) is 19.4 Å². The lowest BCUT2D eigenvalue weighted by Crippen LogP contribution is -2.49. The molecule has 1 aliphatic rings. The highest BCUT2D eigenvalue weighted by Crippen LogP contribution is 2.24. The largest absolute Gasteiger partial charge is 0.479 e. The SMILES string of the molecule is CC1CC(NC(=O)C(C)Oc2ccccc2Cl)CCN1.Cl. The van der Waals surface area contributed by atoms with Crippen molar-refractivity contribution in [2.75, 3.05) is 6.54 Å². The quantitative estimate of drug-likeness (QED) is 0.891. The zero-order valence-corrected chi connectivity index (χ0v) is 13.8. The average molecular weight is 333 g/mol. The third-order valence-corrected chi connectivity index (χ3v) is 3.79. The molecule has 6 heteroatoms. The molecule has 4 nitrogen and oxygen atoms in total. The number of halogens is 2. The van der Waals surface area contributed by atoms with Gasteiger partial charge in [-0.15, -0.1) is 12.4 Å². The average Bonchev–Trinajstić information content (AvgIpc) is 2.41. The van der Waals surface area contributed by atoms with E-state index in [9.17, 15) is 4.79 Å². The minimum Gasteiger partial charge on any atom is -0.479 e. The number of hydrogen-bond acceptors (Lipinski definition) is 3. The van der Waals surface area contributed by atoms with Crippen molar-refractivity contribution in [1.82, 2.24) is 10.6 Å². The lowest BCUT2D eigenvalue weighted by atomic mass is 10.0. The van der Waals surface area contributed by atoms with Crippen LogP contribution in [0.1, 0.15) is 26.7 Å². The van der Waals surface area contributed by atoms with Gasteiger partial charge in [0.15, 0.2) is 6.10 Å². The van der Waals surface area contributed by atoms with Gasteiger partial charge in [-0.3, -0.25) is 4.79 Å². The van der Waals surface area contributed by atoms with Crippen molar-refractivity contribution in [1.29, 1.82) is 0 Å². The van der Waals surface area contributed by atoms with E-state index in [1.54, 1.807) is 19.1 Å². The monoisotopic (exact) mass is 332 g/mol. The Labute approximate surface area is 137 Å². The third kappa shape index (κ3) is 5.38. The molecule has 1 saturated heterocycles. The van der Waals surface area contributed by atoms with E-state index in [1.165, 1.54) is 0 Å². The molecule has 1 aromatic rings. The summed E-state index contributed by atoms with van der Waals surface area (Å²) < 4.78 is 5.62. The molecule has 21 heavy (non-hydrogen) atoms. The van der Waals surface area contributed by atoms with Gasteiger partial charge in [-0.25, -0.2) is 0 Å². The molecule has 2 N–H and O–H groups in total. The number of nitrogens with one attached hydrogen (secondary N) is 2. The Bertz CT molecular complexity index is 471. The van der Waals surface area contributed by atoms with Gasteiger partial charge < -0.3 is 15.4 Å². The van der Waals surface area contributed by atoms with Gasteiger partial charge >= 0.3 is 0 Å². The summed E-state index contributed by atoms with van der Waals surface area (Å²) in [6.07, 6.45) is 1.35. The van der Waals surface area contributed by atoms with Gasteiger partial charge in [-0.2, -0.15) is 0 Å². The Kier molecular flexibility index (Phi) is 7.29. The molecule has 3 unspecified atom stereocenters. The van der Waals surface area contributed by atoms with E-state index in [4.69, 9.17) is 16.3 Å². The van der Waals surface area contributed by atoms with E-state index < -0.39 is 6.10 Å². The van der Waals surface area contributed by atoms with Crippen LogP contribution in [-0.2, 0) is 4.79 Å². The zero-order chi connectivity index (χ0) is 14.5. The predicted octanol–water partition coefficient (Wildman–Crippen LogP) is 2.79. The van der Waals surface area contributed by atoms with Crippen LogP contribution in [-0.4, -0.2) is 30.6 Å². The highest BCUT2D eigenvalue weighted by molar-refractivity contribution is 6.32. The maximum atomic E-state index is 12.1. The molecule has 1 aromatic carbocycles. The van der Waals surface area contributed by atoms with Gasteiger partial charge in [0.2, 0.25) is 0 Å². The van der Waals surface area contributed by atoms with Gasteiger partial charge in [-0.05, 0) is 45.4 Å². The maximum absolute atomic E-state index is 12.1. The molecule has 3 atom stereocenters. The minimum absolute atomic E-state index is 0. The fraction of sp³-hybridized carbons (Fsp3) is 0.533. The number of para-hydroxylation sites is 1. The van der Waals surface area contributed by atoms with Crippen LogP contribution in [0.4, 0.5) is 0 Å². The summed E-state index contributed by atoms with van der Waals surface area (Å²) in [5, 5.41) is 6.92. The predicted molar refractivity (Wildman–Crippen MR) is 87.4 cm³/mol. The second kappa shape index (κ2) is 8.47. The van der Waals surface area contributed by atoms with Crippen molar-refractivity contribution >= 4 is 29.9 Å². The summed E-state index contributed by atoms with van der Waals surface area (Å²) in [6.45, 7) is 4.80. The molecule has 0 aromatic heterocycles. The van der Waals surface area contributed by atoms with Crippen LogP contribution in [0.25, 0.3) is 0 Å². The molecular weight excluding hydrogens is 311 g/mol. The van der Waals surface area contributed by atoms with Crippen LogP contribution in [0.5, 0.6) is 5.75 Å². The van der Waals surface area contributed by atoms with Crippen molar-refractivity contribution in [3.8, 4) is 5.75 Å². The van der Waals surface area contributed by atoms with Gasteiger partial charge in [-0.1, -0.05) is 23.7 Å². The first-order chi connectivity index (χ1) is 9.56. The molecule has 1 aliphatic heterocycles. The van der Waals surface area contributed by atoms with Gasteiger partial charge in [0.05, 0.1) is 5.02 Å². The van der Waals surface area contributed by atoms with E-state index in [0.29, 0.717) is 16.8 Å². The molecule has 0 bridgehead atoms. The van der Waals surface area contributed by atoms with Crippen molar-refractivity contribution in [3.05, 3.63) is 29.3 Å². The Hall–Kier alpha value is -0.970. The lowest BCUT2D eigenvalue weighted by molar-refractivity contribution is -0.128. The van der Waals surface area contributed by atoms with E-state index in [2.05, 4.69) is 17.6 Å². The van der Waals surface area contributed by atoms with E-state index in [-0.39, 0.29) is 24.4 Å². The first-order valence-corrected chi connectivity index (χ1v) is 7.39. The van der Waals surface area contributed by atoms with Crippen molar-refractivity contribution < 1.29 is 9.53 Å². The Morgan fingerprint density at radius 1 is 1.48 bits per heavy atom. The summed E-state index contributed by atoms with van der Waals surface area (Å²) in [5.41, 5.74) is 0. The number of benzene rings is 1. The van der Waals surface area contributed by atoms with Crippen LogP contribution in [0.3, 0.4) is 0 Å². The number of rotatable bonds is 4. The van der Waals surface area contributed by atoms with Crippen LogP contribution < -0.4 is 15.4 Å². The Morgan fingerprint density at radius 2 is 2.19 bits per heavy atom. The first-order valence-electron chi connectivity index (χ1n) is 7.01. The van der Waals surface area contributed by atoms with Crippen LogP contribution in [0.2, 0.25) is 5.02 Å². The summed E-state index contributed by atoms with van der Waals surface area (Å²) in [4.78, 5) is 12.1. The molecule has 1 heterocycles. The van der Waals surface area contributed by atoms with Crippen molar-refractivity contribution in [3.63, 3.8) is 0 Å². The molecule has 0 aliphatic carbocycles. The second-order valence-corrected chi connectivity index (χ2v) is 5.68. The summed E-state index contributed by atoms with van der Waals surface area (Å²) in [5.74, 6) is 0.444. The van der Waals surface area contributed by atoms with Crippen molar-refractivity contribution in [2.24, 2.45) is 0 Å². The number of ether oxygens (including phenoxy) is 1. The lowest BCUT2D eigenvalue weighted by Gasteiger charge is -2.29. The maximum Gasteiger partial charge on any atom is 0.260 e. The van der Waals surface area contributed by atoms with Crippen LogP contribution in [0.15, 0.2) is 24.3 Å². The highest BCUT2D eigenvalue weighted by atomic mass is 35.5. The molecule has 0 saturated carbocycles. The van der Waals surface area contributed by atoms with Gasteiger partial charge in [0, 0.05) is 12.1 Å². The number of amides is 1. The molecule has 0 spiro atoms. The molecule has 118 valence electrons. The Morgan fingerprint density at radius 3 is 2.86 bits per heavy atom. The van der Waals surface area contributed by atoms with E-state index >= 15 is 0 Å². The van der Waals surface area contributed by atoms with Crippen LogP contribution in [0, 0.1) is 0 Å². The molecule has 2 rings (SSSR count). The summed E-state index contributed by atoms with van der Waals surface area (Å²) >= 11 is 6.02. The highest BCUT2D eigenvalue weighted by Gasteiger charge is 2.23. The van der Waals surface area contributed by atoms with Gasteiger partial charge in [0.25, 0.3) is 5.91 Å². The molecular formula is C15H22Cl2N2O2. The summed E-state index contributed by atoms with van der Waals surface area (Å²) in [6, 6.07) is 7.83. The topological polar surface area (TPSA) is 50.4 Å². The second-order valence-electron chi connectivity index (χ2n) is 5.28. The number of piperidine rings is 1. The normalized spacial score (nSPS) is 22.8. The van der Waals surface area contributed by atoms with Gasteiger partial charge in [0.1, 0.15) is 5.75 Å². The van der Waals surface area contributed by atoms with Crippen LogP contribution >= 0.6 is 24.0 Å². The van der Waals surface area contributed by atoms with Crippen molar-refractivity contribution in [2.45, 2.75) is 44.9 Å².